The van der Waals surface area contributed by atoms with Gasteiger partial charge in [0.1, 0.15) is 5.82 Å². The van der Waals surface area contributed by atoms with Gasteiger partial charge in [0, 0.05) is 13.1 Å². The first-order chi connectivity index (χ1) is 13.3. The van der Waals surface area contributed by atoms with E-state index in [1.807, 2.05) is 27.7 Å². The maximum absolute atomic E-state index is 14.3. The minimum absolute atomic E-state index is 0.0130. The fraction of sp³-hybridized carbons (Fsp3) is 0.650. The van der Waals surface area contributed by atoms with Crippen LogP contribution in [0.25, 0.3) is 0 Å². The molecule has 0 aromatic heterocycles. The van der Waals surface area contributed by atoms with Crippen molar-refractivity contribution in [2.75, 3.05) is 13.1 Å². The molecule has 2 aliphatic heterocycles. The number of hydrogen-bond acceptors (Lipinski definition) is 3. The maximum atomic E-state index is 14.3. The van der Waals surface area contributed by atoms with Crippen LogP contribution in [0.1, 0.15) is 46.1 Å². The van der Waals surface area contributed by atoms with Gasteiger partial charge in [-0.05, 0) is 57.6 Å². The molecule has 0 bridgehead atoms. The molecule has 160 valence electrons. The minimum atomic E-state index is -4.33. The summed E-state index contributed by atoms with van der Waals surface area (Å²) >= 11 is 0. The van der Waals surface area contributed by atoms with E-state index in [2.05, 4.69) is 0 Å². The molecule has 2 fully saturated rings. The summed E-state index contributed by atoms with van der Waals surface area (Å²) in [6.07, 6.45) is -4.34. The lowest BCUT2D eigenvalue weighted by Gasteiger charge is -2.33. The molecule has 0 radical (unpaired) electrons. The van der Waals surface area contributed by atoms with Crippen molar-refractivity contribution < 1.29 is 31.7 Å². The Labute approximate surface area is 168 Å². The molecule has 0 saturated carbocycles. The fourth-order valence-corrected chi connectivity index (χ4v) is 3.60. The largest absolute Gasteiger partial charge is 0.494 e. The number of likely N-dealkylation sites (tertiary alicyclic amines) is 1. The molecule has 4 nitrogen and oxygen atoms in total. The molecule has 9 heteroatoms. The smallest absolute Gasteiger partial charge is 0.399 e. The average molecular weight is 415 g/mol. The monoisotopic (exact) mass is 415 g/mol. The highest BCUT2D eigenvalue weighted by Gasteiger charge is 2.51. The van der Waals surface area contributed by atoms with Crippen molar-refractivity contribution in [2.24, 2.45) is 5.92 Å². The Morgan fingerprint density at radius 2 is 1.83 bits per heavy atom. The molecule has 2 aliphatic rings. The first-order valence-electron chi connectivity index (χ1n) is 9.78. The Morgan fingerprint density at radius 1 is 1.21 bits per heavy atom. The van der Waals surface area contributed by atoms with Crippen molar-refractivity contribution in [2.45, 2.75) is 64.3 Å². The summed E-state index contributed by atoms with van der Waals surface area (Å²) in [4.78, 5) is 13.7. The van der Waals surface area contributed by atoms with E-state index in [1.54, 1.807) is 0 Å². The number of piperidine rings is 1. The van der Waals surface area contributed by atoms with E-state index in [4.69, 9.17) is 9.31 Å². The zero-order valence-corrected chi connectivity index (χ0v) is 17.1. The summed E-state index contributed by atoms with van der Waals surface area (Å²) < 4.78 is 65.2. The lowest BCUT2D eigenvalue weighted by molar-refractivity contribution is -0.187. The van der Waals surface area contributed by atoms with Crippen molar-refractivity contribution in [1.29, 1.82) is 0 Å². The van der Waals surface area contributed by atoms with Gasteiger partial charge in [-0.1, -0.05) is 12.1 Å². The Bertz CT molecular complexity index is 765. The van der Waals surface area contributed by atoms with Crippen LogP contribution in [0.2, 0.25) is 0 Å². The predicted molar refractivity (Wildman–Crippen MR) is 101 cm³/mol. The zero-order chi connectivity index (χ0) is 21.6. The second-order valence-corrected chi connectivity index (χ2v) is 8.84. The molecule has 0 spiro atoms. The third-order valence-corrected chi connectivity index (χ3v) is 6.17. The number of halogens is 4. The van der Waals surface area contributed by atoms with E-state index in [1.165, 1.54) is 23.1 Å². The zero-order valence-electron chi connectivity index (χ0n) is 17.1. The highest BCUT2D eigenvalue weighted by atomic mass is 19.4. The van der Waals surface area contributed by atoms with Crippen molar-refractivity contribution in [3.05, 3.63) is 29.6 Å². The molecule has 3 rings (SSSR count). The molecule has 2 heterocycles. The fourth-order valence-electron chi connectivity index (χ4n) is 3.60. The number of hydrogen-bond donors (Lipinski definition) is 0. The Morgan fingerprint density at radius 3 is 2.41 bits per heavy atom. The molecule has 2 saturated heterocycles. The lowest BCUT2D eigenvalue weighted by atomic mass is 9.78. The highest BCUT2D eigenvalue weighted by molar-refractivity contribution is 6.62. The van der Waals surface area contributed by atoms with Crippen LogP contribution < -0.4 is 5.46 Å². The standard InChI is InChI=1S/C20H26BF4NO3/c1-18(2)19(3,4)29-21(28-18)15-7-8-16(22)13(10-15)11-17(27)26-9-5-6-14(12-26)20(23,24)25/h7-8,10,14H,5-6,9,11-12H2,1-4H3. The Hall–Kier alpha value is -1.61. The number of carbonyl (C=O) groups is 1. The molecule has 29 heavy (non-hydrogen) atoms. The van der Waals surface area contributed by atoms with Crippen molar-refractivity contribution in [3.63, 3.8) is 0 Å². The van der Waals surface area contributed by atoms with E-state index in [0.29, 0.717) is 5.46 Å². The van der Waals surface area contributed by atoms with E-state index in [-0.39, 0.29) is 37.9 Å². The number of nitrogens with zero attached hydrogens (tertiary/aromatic N) is 1. The normalized spacial score (nSPS) is 24.1. The van der Waals surface area contributed by atoms with Crippen LogP contribution in [0.5, 0.6) is 0 Å². The van der Waals surface area contributed by atoms with Gasteiger partial charge in [0.15, 0.2) is 0 Å². The van der Waals surface area contributed by atoms with E-state index in [0.717, 1.165) is 0 Å². The van der Waals surface area contributed by atoms with Crippen LogP contribution in [0.15, 0.2) is 18.2 Å². The summed E-state index contributed by atoms with van der Waals surface area (Å²) in [5, 5.41) is 0. The number of benzene rings is 1. The summed E-state index contributed by atoms with van der Waals surface area (Å²) in [6.45, 7) is 7.47. The van der Waals surface area contributed by atoms with Gasteiger partial charge in [0.25, 0.3) is 0 Å². The van der Waals surface area contributed by atoms with Gasteiger partial charge < -0.3 is 14.2 Å². The average Bonchev–Trinajstić information content (AvgIpc) is 2.84. The van der Waals surface area contributed by atoms with E-state index in [9.17, 15) is 22.4 Å². The number of carbonyl (C=O) groups excluding carboxylic acids is 1. The quantitative estimate of drug-likeness (QED) is 0.561. The maximum Gasteiger partial charge on any atom is 0.494 e. The van der Waals surface area contributed by atoms with E-state index >= 15 is 0 Å². The second kappa shape index (κ2) is 7.58. The third kappa shape index (κ3) is 4.61. The second-order valence-electron chi connectivity index (χ2n) is 8.84. The molecule has 1 unspecified atom stereocenters. The number of alkyl halides is 3. The summed E-state index contributed by atoms with van der Waals surface area (Å²) in [6, 6.07) is 4.27. The van der Waals surface area contributed by atoms with Gasteiger partial charge >= 0.3 is 13.3 Å². The highest BCUT2D eigenvalue weighted by Crippen LogP contribution is 2.36. The molecular formula is C20H26BF4NO3. The summed E-state index contributed by atoms with van der Waals surface area (Å²) in [5.74, 6) is -2.62. The van der Waals surface area contributed by atoms with Crippen LogP contribution in [0, 0.1) is 11.7 Å². The van der Waals surface area contributed by atoms with Crippen molar-refractivity contribution >= 4 is 18.5 Å². The van der Waals surface area contributed by atoms with Gasteiger partial charge in [0.2, 0.25) is 5.91 Å². The van der Waals surface area contributed by atoms with Gasteiger partial charge in [-0.2, -0.15) is 13.2 Å². The first-order valence-corrected chi connectivity index (χ1v) is 9.78. The van der Waals surface area contributed by atoms with Gasteiger partial charge in [-0.15, -0.1) is 0 Å². The minimum Gasteiger partial charge on any atom is -0.399 e. The lowest BCUT2D eigenvalue weighted by Crippen LogP contribution is -2.45. The van der Waals surface area contributed by atoms with Crippen LogP contribution in [0.3, 0.4) is 0 Å². The molecule has 1 amide bonds. The van der Waals surface area contributed by atoms with Crippen molar-refractivity contribution in [3.8, 4) is 0 Å². The first kappa shape index (κ1) is 22.1. The Balaban J connectivity index is 1.73. The van der Waals surface area contributed by atoms with Crippen LogP contribution >= 0.6 is 0 Å². The topological polar surface area (TPSA) is 38.8 Å². The molecular weight excluding hydrogens is 389 g/mol. The predicted octanol–water partition coefficient (Wildman–Crippen LogP) is 3.47. The summed E-state index contributed by atoms with van der Waals surface area (Å²) in [7, 11) is -0.709. The molecule has 1 aromatic rings. The van der Waals surface area contributed by atoms with Gasteiger partial charge in [0.05, 0.1) is 23.5 Å². The van der Waals surface area contributed by atoms with E-state index < -0.39 is 42.1 Å². The SMILES string of the molecule is CC1(C)OB(c2ccc(F)c(CC(=O)N3CCCC(C(F)(F)F)C3)c2)OC1(C)C. The third-order valence-electron chi connectivity index (χ3n) is 6.17. The Kier molecular flexibility index (Phi) is 5.77. The molecule has 1 aromatic carbocycles. The van der Waals surface area contributed by atoms with Crippen LogP contribution in [0.4, 0.5) is 17.6 Å². The van der Waals surface area contributed by atoms with Crippen molar-refractivity contribution in [1.82, 2.24) is 4.90 Å². The van der Waals surface area contributed by atoms with Crippen LogP contribution in [-0.2, 0) is 20.5 Å². The molecule has 0 N–H and O–H groups in total. The summed E-state index contributed by atoms with van der Waals surface area (Å²) in [5.41, 5.74) is -0.443. The van der Waals surface area contributed by atoms with Gasteiger partial charge in [-0.3, -0.25) is 4.79 Å². The van der Waals surface area contributed by atoms with Gasteiger partial charge in [-0.25, -0.2) is 4.39 Å². The number of amides is 1. The van der Waals surface area contributed by atoms with Crippen LogP contribution in [-0.4, -0.2) is 48.4 Å². The molecule has 1 atom stereocenters. The number of rotatable bonds is 3. The molecule has 0 aliphatic carbocycles.